The average Bonchev–Trinajstić information content (AvgIpc) is 2.43. The molecule has 0 saturated carbocycles. The van der Waals surface area contributed by atoms with E-state index in [4.69, 9.17) is 15.2 Å². The van der Waals surface area contributed by atoms with Gasteiger partial charge in [0, 0.05) is 6.07 Å². The van der Waals surface area contributed by atoms with Crippen LogP contribution in [-0.4, -0.2) is 13.7 Å². The van der Waals surface area contributed by atoms with Crippen molar-refractivity contribution in [3.05, 3.63) is 53.6 Å². The van der Waals surface area contributed by atoms with E-state index >= 15 is 0 Å². The van der Waals surface area contributed by atoms with Gasteiger partial charge in [0.05, 0.1) is 7.11 Å². The summed E-state index contributed by atoms with van der Waals surface area (Å²) in [5.41, 5.74) is 7.87. The van der Waals surface area contributed by atoms with Gasteiger partial charge in [-0.3, -0.25) is 0 Å². The van der Waals surface area contributed by atoms with E-state index in [9.17, 15) is 0 Å². The Morgan fingerprint density at radius 3 is 2.58 bits per heavy atom. The molecule has 0 fully saturated rings. The third kappa shape index (κ3) is 3.48. The van der Waals surface area contributed by atoms with Crippen molar-refractivity contribution in [3.63, 3.8) is 0 Å². The second-order valence-corrected chi connectivity index (χ2v) is 4.42. The van der Waals surface area contributed by atoms with E-state index in [1.807, 2.05) is 37.3 Å². The first-order valence-electron chi connectivity index (χ1n) is 6.34. The molecule has 0 atom stereocenters. The lowest BCUT2D eigenvalue weighted by Crippen LogP contribution is -2.02. The topological polar surface area (TPSA) is 44.5 Å². The smallest absolute Gasteiger partial charge is 0.131 e. The number of hydrogen-bond acceptors (Lipinski definition) is 3. The molecular formula is C16H19NO2. The lowest BCUT2D eigenvalue weighted by Gasteiger charge is -2.11. The zero-order valence-corrected chi connectivity index (χ0v) is 11.3. The Balaban J connectivity index is 2.23. The van der Waals surface area contributed by atoms with Gasteiger partial charge >= 0.3 is 0 Å². The van der Waals surface area contributed by atoms with Crippen molar-refractivity contribution >= 4 is 0 Å². The largest absolute Gasteiger partial charge is 0.497 e. The molecule has 0 heterocycles. The van der Waals surface area contributed by atoms with Crippen LogP contribution in [0.1, 0.15) is 11.1 Å². The lowest BCUT2D eigenvalue weighted by atomic mass is 10.1. The summed E-state index contributed by atoms with van der Waals surface area (Å²) < 4.78 is 11.1. The van der Waals surface area contributed by atoms with E-state index in [2.05, 4.69) is 12.1 Å². The molecule has 3 heteroatoms. The lowest BCUT2D eigenvalue weighted by molar-refractivity contribution is 0.408. The summed E-state index contributed by atoms with van der Waals surface area (Å²) in [6.45, 7) is 2.67. The molecule has 0 radical (unpaired) electrons. The monoisotopic (exact) mass is 257 g/mol. The zero-order chi connectivity index (χ0) is 13.7. The van der Waals surface area contributed by atoms with Gasteiger partial charge in [0.15, 0.2) is 0 Å². The Morgan fingerprint density at radius 2 is 1.84 bits per heavy atom. The molecule has 19 heavy (non-hydrogen) atoms. The normalized spacial score (nSPS) is 10.3. The number of benzene rings is 2. The molecule has 0 amide bonds. The van der Waals surface area contributed by atoms with Gasteiger partial charge in [0.25, 0.3) is 0 Å². The van der Waals surface area contributed by atoms with Gasteiger partial charge < -0.3 is 15.2 Å². The summed E-state index contributed by atoms with van der Waals surface area (Å²) in [6.07, 6.45) is 0.856. The maximum atomic E-state index is 5.92. The molecule has 2 aromatic rings. The first-order chi connectivity index (χ1) is 9.22. The van der Waals surface area contributed by atoms with Crippen LogP contribution in [0.3, 0.4) is 0 Å². The second-order valence-electron chi connectivity index (χ2n) is 4.42. The minimum absolute atomic E-state index is 0.641. The molecule has 2 aromatic carbocycles. The van der Waals surface area contributed by atoms with Gasteiger partial charge in [-0.15, -0.1) is 0 Å². The third-order valence-electron chi connectivity index (χ3n) is 2.95. The van der Waals surface area contributed by atoms with Gasteiger partial charge in [-0.2, -0.15) is 0 Å². The Hall–Kier alpha value is -2.00. The standard InChI is InChI=1S/C16H19NO2/c1-12-6-7-13(8-9-17)10-16(12)19-15-5-3-4-14(11-15)18-2/h3-7,10-11H,8-9,17H2,1-2H3. The Bertz CT molecular complexity index is 552. The summed E-state index contributed by atoms with van der Waals surface area (Å²) in [5, 5.41) is 0. The molecule has 0 saturated heterocycles. The maximum absolute atomic E-state index is 5.92. The zero-order valence-electron chi connectivity index (χ0n) is 11.3. The van der Waals surface area contributed by atoms with Crippen LogP contribution in [-0.2, 0) is 6.42 Å². The molecule has 0 aromatic heterocycles. The fourth-order valence-electron chi connectivity index (χ4n) is 1.87. The fourth-order valence-corrected chi connectivity index (χ4v) is 1.87. The first-order valence-corrected chi connectivity index (χ1v) is 6.34. The molecule has 2 rings (SSSR count). The number of rotatable bonds is 5. The molecule has 0 aliphatic heterocycles. The predicted molar refractivity (Wildman–Crippen MR) is 77.0 cm³/mol. The van der Waals surface area contributed by atoms with Crippen molar-refractivity contribution in [1.29, 1.82) is 0 Å². The number of aryl methyl sites for hydroxylation is 1. The van der Waals surface area contributed by atoms with Crippen LogP contribution >= 0.6 is 0 Å². The van der Waals surface area contributed by atoms with E-state index in [-0.39, 0.29) is 0 Å². The van der Waals surface area contributed by atoms with Crippen LogP contribution in [0.4, 0.5) is 0 Å². The molecule has 0 spiro atoms. The van der Waals surface area contributed by atoms with Crippen molar-refractivity contribution in [2.24, 2.45) is 5.73 Å². The van der Waals surface area contributed by atoms with Crippen molar-refractivity contribution in [3.8, 4) is 17.2 Å². The van der Waals surface area contributed by atoms with Gasteiger partial charge in [0.1, 0.15) is 17.2 Å². The van der Waals surface area contributed by atoms with E-state index in [0.717, 1.165) is 29.2 Å². The van der Waals surface area contributed by atoms with E-state index in [1.54, 1.807) is 7.11 Å². The highest BCUT2D eigenvalue weighted by Gasteiger charge is 2.04. The number of ether oxygens (including phenoxy) is 2. The highest BCUT2D eigenvalue weighted by Crippen LogP contribution is 2.28. The average molecular weight is 257 g/mol. The highest BCUT2D eigenvalue weighted by molar-refractivity contribution is 5.42. The number of methoxy groups -OCH3 is 1. The van der Waals surface area contributed by atoms with E-state index < -0.39 is 0 Å². The third-order valence-corrected chi connectivity index (χ3v) is 2.95. The minimum Gasteiger partial charge on any atom is -0.497 e. The van der Waals surface area contributed by atoms with Crippen LogP contribution in [0.15, 0.2) is 42.5 Å². The summed E-state index contributed by atoms with van der Waals surface area (Å²) in [7, 11) is 1.65. The van der Waals surface area contributed by atoms with Crippen molar-refractivity contribution in [2.75, 3.05) is 13.7 Å². The molecule has 3 nitrogen and oxygen atoms in total. The van der Waals surface area contributed by atoms with Crippen LogP contribution in [0.25, 0.3) is 0 Å². The van der Waals surface area contributed by atoms with Crippen molar-refractivity contribution < 1.29 is 9.47 Å². The van der Waals surface area contributed by atoms with Crippen LogP contribution < -0.4 is 15.2 Å². The molecule has 100 valence electrons. The van der Waals surface area contributed by atoms with E-state index in [0.29, 0.717) is 6.54 Å². The summed E-state index contributed by atoms with van der Waals surface area (Å²) >= 11 is 0. The molecule has 0 bridgehead atoms. The maximum Gasteiger partial charge on any atom is 0.131 e. The van der Waals surface area contributed by atoms with Crippen molar-refractivity contribution in [1.82, 2.24) is 0 Å². The molecular weight excluding hydrogens is 238 g/mol. The first kappa shape index (κ1) is 13.4. The van der Waals surface area contributed by atoms with E-state index in [1.165, 1.54) is 5.56 Å². The Labute approximate surface area is 114 Å². The second kappa shape index (κ2) is 6.25. The van der Waals surface area contributed by atoms with Gasteiger partial charge in [-0.05, 0) is 49.2 Å². The molecule has 0 unspecified atom stereocenters. The van der Waals surface area contributed by atoms with Gasteiger partial charge in [0.2, 0.25) is 0 Å². The van der Waals surface area contributed by atoms with Gasteiger partial charge in [-0.25, -0.2) is 0 Å². The predicted octanol–water partition coefficient (Wildman–Crippen LogP) is 3.30. The molecule has 0 aliphatic carbocycles. The van der Waals surface area contributed by atoms with Crippen LogP contribution in [0.2, 0.25) is 0 Å². The van der Waals surface area contributed by atoms with Crippen LogP contribution in [0.5, 0.6) is 17.2 Å². The van der Waals surface area contributed by atoms with Crippen LogP contribution in [0, 0.1) is 6.92 Å². The van der Waals surface area contributed by atoms with Gasteiger partial charge in [-0.1, -0.05) is 18.2 Å². The van der Waals surface area contributed by atoms with Crippen molar-refractivity contribution in [2.45, 2.75) is 13.3 Å². The molecule has 2 N–H and O–H groups in total. The fraction of sp³-hybridized carbons (Fsp3) is 0.250. The Morgan fingerprint density at radius 1 is 1.05 bits per heavy atom. The quantitative estimate of drug-likeness (QED) is 0.893. The SMILES string of the molecule is COc1cccc(Oc2cc(CCN)ccc2C)c1. The Kier molecular flexibility index (Phi) is 4.42. The summed E-state index contributed by atoms with van der Waals surface area (Å²) in [6, 6.07) is 13.8. The minimum atomic E-state index is 0.641. The highest BCUT2D eigenvalue weighted by atomic mass is 16.5. The summed E-state index contributed by atoms with van der Waals surface area (Å²) in [5.74, 6) is 2.42. The number of hydrogen-bond donors (Lipinski definition) is 1. The summed E-state index contributed by atoms with van der Waals surface area (Å²) in [4.78, 5) is 0. The number of nitrogens with two attached hydrogens (primary N) is 1. The molecule has 0 aliphatic rings.